The van der Waals surface area contributed by atoms with E-state index >= 15 is 0 Å². The van der Waals surface area contributed by atoms with Crippen molar-refractivity contribution in [1.29, 1.82) is 0 Å². The summed E-state index contributed by atoms with van der Waals surface area (Å²) < 4.78 is 11.6. The van der Waals surface area contributed by atoms with Gasteiger partial charge in [-0.3, -0.25) is 0 Å². The van der Waals surface area contributed by atoms with Gasteiger partial charge in [0.15, 0.2) is 0 Å². The first-order chi connectivity index (χ1) is 10.6. The van der Waals surface area contributed by atoms with Crippen molar-refractivity contribution in [2.45, 2.75) is 65.1 Å². The number of carbonyl (C=O) groups is 1. The van der Waals surface area contributed by atoms with Crippen molar-refractivity contribution < 1.29 is 14.3 Å². The lowest BCUT2D eigenvalue weighted by atomic mass is 9.86. The van der Waals surface area contributed by atoms with Crippen LogP contribution in [0.4, 0.5) is 4.79 Å². The smallest absolute Gasteiger partial charge is 0.410 e. The van der Waals surface area contributed by atoms with E-state index in [0.29, 0.717) is 13.1 Å². The fourth-order valence-corrected chi connectivity index (χ4v) is 2.69. The minimum Gasteiger partial charge on any atom is -0.488 e. The number of para-hydroxylation sites is 1. The van der Waals surface area contributed by atoms with Crippen molar-refractivity contribution in [1.82, 2.24) is 4.90 Å². The van der Waals surface area contributed by atoms with Gasteiger partial charge in [-0.2, -0.15) is 0 Å². The molecule has 0 bridgehead atoms. The molecule has 23 heavy (non-hydrogen) atoms. The molecule has 1 aromatic rings. The highest BCUT2D eigenvalue weighted by atomic mass is 16.6. The number of rotatable bonds is 2. The zero-order chi connectivity index (χ0) is 17.3. The molecular formula is C19H29NO3. The molecule has 1 aromatic carbocycles. The van der Waals surface area contributed by atoms with E-state index in [4.69, 9.17) is 9.47 Å². The monoisotopic (exact) mass is 319 g/mol. The summed E-state index contributed by atoms with van der Waals surface area (Å²) in [5, 5.41) is 0. The van der Waals surface area contributed by atoms with Crippen LogP contribution in [0.2, 0.25) is 0 Å². The van der Waals surface area contributed by atoms with Crippen molar-refractivity contribution in [3.8, 4) is 5.75 Å². The number of hydrogen-bond acceptors (Lipinski definition) is 3. The fraction of sp³-hybridized carbons (Fsp3) is 0.632. The van der Waals surface area contributed by atoms with Crippen LogP contribution in [-0.4, -0.2) is 35.8 Å². The molecule has 1 aliphatic heterocycles. The van der Waals surface area contributed by atoms with Gasteiger partial charge in [0.25, 0.3) is 0 Å². The Morgan fingerprint density at radius 2 is 1.78 bits per heavy atom. The van der Waals surface area contributed by atoms with Crippen LogP contribution in [0.1, 0.15) is 53.5 Å². The normalized spacial score (nSPS) is 18.9. The summed E-state index contributed by atoms with van der Waals surface area (Å²) in [6.45, 7) is 13.4. The summed E-state index contributed by atoms with van der Waals surface area (Å²) in [7, 11) is 0. The van der Waals surface area contributed by atoms with Gasteiger partial charge in [-0.15, -0.1) is 0 Å². The maximum atomic E-state index is 12.1. The van der Waals surface area contributed by atoms with Gasteiger partial charge in [0.1, 0.15) is 17.5 Å². The molecule has 128 valence electrons. The Kier molecular flexibility index (Phi) is 4.92. The zero-order valence-corrected chi connectivity index (χ0v) is 15.2. The molecule has 4 nitrogen and oxygen atoms in total. The molecule has 0 radical (unpaired) electrons. The average molecular weight is 319 g/mol. The van der Waals surface area contributed by atoms with E-state index in [2.05, 4.69) is 26.8 Å². The maximum Gasteiger partial charge on any atom is 0.410 e. The largest absolute Gasteiger partial charge is 0.488 e. The topological polar surface area (TPSA) is 38.8 Å². The molecule has 1 aliphatic rings. The highest BCUT2D eigenvalue weighted by Gasteiger charge is 2.31. The van der Waals surface area contributed by atoms with Crippen molar-refractivity contribution in [2.75, 3.05) is 13.1 Å². The molecule has 1 unspecified atom stereocenters. The number of likely N-dealkylation sites (tertiary alicyclic amines) is 1. The number of carbonyl (C=O) groups excluding carboxylic acids is 1. The van der Waals surface area contributed by atoms with Crippen molar-refractivity contribution >= 4 is 6.09 Å². The first-order valence-corrected chi connectivity index (χ1v) is 8.30. The van der Waals surface area contributed by atoms with Crippen molar-refractivity contribution in [3.05, 3.63) is 29.8 Å². The predicted molar refractivity (Wildman–Crippen MR) is 92.0 cm³/mol. The minimum absolute atomic E-state index is 0.0195. The molecule has 0 aliphatic carbocycles. The summed E-state index contributed by atoms with van der Waals surface area (Å²) >= 11 is 0. The van der Waals surface area contributed by atoms with Gasteiger partial charge in [0.2, 0.25) is 0 Å². The van der Waals surface area contributed by atoms with E-state index in [0.717, 1.165) is 12.2 Å². The van der Waals surface area contributed by atoms with Crippen LogP contribution in [0.25, 0.3) is 0 Å². The average Bonchev–Trinajstić information content (AvgIpc) is 2.85. The molecule has 0 N–H and O–H groups in total. The Bertz CT molecular complexity index is 554. The summed E-state index contributed by atoms with van der Waals surface area (Å²) in [4.78, 5) is 13.9. The van der Waals surface area contributed by atoms with E-state index in [1.165, 1.54) is 5.56 Å². The Labute approximate surface area is 139 Å². The molecule has 1 atom stereocenters. The first-order valence-electron chi connectivity index (χ1n) is 8.30. The van der Waals surface area contributed by atoms with Crippen LogP contribution in [-0.2, 0) is 10.2 Å². The zero-order valence-electron chi connectivity index (χ0n) is 15.2. The predicted octanol–water partition coefficient (Wildman–Crippen LogP) is 4.37. The van der Waals surface area contributed by atoms with Gasteiger partial charge >= 0.3 is 6.09 Å². The number of amides is 1. The van der Waals surface area contributed by atoms with Crippen LogP contribution in [0.15, 0.2) is 24.3 Å². The van der Waals surface area contributed by atoms with Gasteiger partial charge in [-0.25, -0.2) is 4.79 Å². The van der Waals surface area contributed by atoms with Gasteiger partial charge in [0, 0.05) is 13.0 Å². The Morgan fingerprint density at radius 1 is 1.13 bits per heavy atom. The van der Waals surface area contributed by atoms with Gasteiger partial charge in [-0.05, 0) is 37.8 Å². The Balaban J connectivity index is 2.00. The van der Waals surface area contributed by atoms with Crippen LogP contribution < -0.4 is 4.74 Å². The second-order valence-corrected chi connectivity index (χ2v) is 8.20. The SMILES string of the molecule is CC(C)(C)OC(=O)N1CCC(Oc2ccccc2C(C)(C)C)C1. The molecule has 1 fully saturated rings. The van der Waals surface area contributed by atoms with Crippen LogP contribution in [0.3, 0.4) is 0 Å². The molecule has 1 saturated heterocycles. The second-order valence-electron chi connectivity index (χ2n) is 8.20. The molecule has 1 heterocycles. The lowest BCUT2D eigenvalue weighted by Gasteiger charge is -2.26. The van der Waals surface area contributed by atoms with Crippen LogP contribution in [0, 0.1) is 0 Å². The fourth-order valence-electron chi connectivity index (χ4n) is 2.69. The van der Waals surface area contributed by atoms with Gasteiger partial charge in [-0.1, -0.05) is 39.0 Å². The molecule has 4 heteroatoms. The molecule has 0 spiro atoms. The molecular weight excluding hydrogens is 290 g/mol. The van der Waals surface area contributed by atoms with E-state index in [1.54, 1.807) is 4.90 Å². The molecule has 1 amide bonds. The van der Waals surface area contributed by atoms with Crippen molar-refractivity contribution in [2.24, 2.45) is 0 Å². The van der Waals surface area contributed by atoms with Crippen LogP contribution >= 0.6 is 0 Å². The third-order valence-corrected chi connectivity index (χ3v) is 3.79. The van der Waals surface area contributed by atoms with E-state index in [9.17, 15) is 4.79 Å². The highest BCUT2D eigenvalue weighted by Crippen LogP contribution is 2.32. The quantitative estimate of drug-likeness (QED) is 0.812. The van der Waals surface area contributed by atoms with Gasteiger partial charge < -0.3 is 14.4 Å². The standard InChI is InChI=1S/C19H29NO3/c1-18(2,3)15-9-7-8-10-16(15)22-14-11-12-20(13-14)17(21)23-19(4,5)6/h7-10,14H,11-13H2,1-6H3. The molecule has 0 aromatic heterocycles. The molecule has 0 saturated carbocycles. The Morgan fingerprint density at radius 3 is 2.39 bits per heavy atom. The van der Waals surface area contributed by atoms with E-state index in [-0.39, 0.29) is 17.6 Å². The Hall–Kier alpha value is -1.71. The second kappa shape index (κ2) is 6.42. The lowest BCUT2D eigenvalue weighted by Crippen LogP contribution is -2.36. The van der Waals surface area contributed by atoms with Crippen LogP contribution in [0.5, 0.6) is 5.75 Å². The third kappa shape index (κ3) is 4.88. The maximum absolute atomic E-state index is 12.1. The highest BCUT2D eigenvalue weighted by molar-refractivity contribution is 5.68. The van der Waals surface area contributed by atoms with E-state index in [1.807, 2.05) is 39.0 Å². The first kappa shape index (κ1) is 17.6. The number of hydrogen-bond donors (Lipinski definition) is 0. The van der Waals surface area contributed by atoms with E-state index < -0.39 is 5.60 Å². The number of benzene rings is 1. The van der Waals surface area contributed by atoms with Gasteiger partial charge in [0.05, 0.1) is 6.54 Å². The molecule has 2 rings (SSSR count). The number of nitrogens with zero attached hydrogens (tertiary/aromatic N) is 1. The summed E-state index contributed by atoms with van der Waals surface area (Å²) in [5.41, 5.74) is 0.755. The number of ether oxygens (including phenoxy) is 2. The summed E-state index contributed by atoms with van der Waals surface area (Å²) in [5.74, 6) is 0.913. The summed E-state index contributed by atoms with van der Waals surface area (Å²) in [6, 6.07) is 8.15. The lowest BCUT2D eigenvalue weighted by molar-refractivity contribution is 0.0275. The summed E-state index contributed by atoms with van der Waals surface area (Å²) in [6.07, 6.45) is 0.594. The van der Waals surface area contributed by atoms with Crippen molar-refractivity contribution in [3.63, 3.8) is 0 Å². The third-order valence-electron chi connectivity index (χ3n) is 3.79. The minimum atomic E-state index is -0.463.